The number of aliphatic hydroxyl groups is 2. The standard InChI is InChI=1S/C21H27N2.C18H33P.2C10H12O.2CH3.2ClH.2Ru/c1-14-9-16(3)20(17(4)10-14)22-7-8-23(13-22)21-18(5)11-15(2)12-19(21)6;1-4-10-16(11-5-1)19(17-12-6-2-7-13-17)18-14-8-3-9-15-18;2*1-8(2)11-10-7-5-4-6-9(10)3;;;;;;/h9-13H,7-8H2,1-6H3;16-18H,1-15H2;2*3-8H,1-2H3;2*1H3;2*1H;;/q-1;;;;2*-1;;;+1;+2/p+1. The molecule has 4 aromatic rings. The first-order chi connectivity index (χ1) is 32.6. The molecule has 0 aromatic heterocycles. The van der Waals surface area contributed by atoms with Crippen molar-refractivity contribution in [3.8, 4) is 11.5 Å². The van der Waals surface area contributed by atoms with Crippen molar-refractivity contribution < 1.29 is 40.8 Å². The molecule has 3 saturated carbocycles. The average molecular weight is 1190 g/mol. The van der Waals surface area contributed by atoms with Gasteiger partial charge in [-0.15, -0.1) is 0 Å². The summed E-state index contributed by atoms with van der Waals surface area (Å²) in [4.78, 5) is 4.81. The molecule has 9 heteroatoms. The fraction of sp³-hybridized carbons (Fsp3) is 0.525. The van der Waals surface area contributed by atoms with Crippen LogP contribution in [0.4, 0.5) is 11.4 Å². The van der Waals surface area contributed by atoms with Gasteiger partial charge in [-0.1, -0.05) is 54.7 Å². The van der Waals surface area contributed by atoms with E-state index in [9.17, 15) is 0 Å². The van der Waals surface area contributed by atoms with Crippen molar-refractivity contribution in [1.29, 1.82) is 0 Å². The van der Waals surface area contributed by atoms with Crippen LogP contribution in [0, 0.1) is 63.1 Å². The van der Waals surface area contributed by atoms with Gasteiger partial charge in [-0.05, 0) is 141 Å². The van der Waals surface area contributed by atoms with Gasteiger partial charge in [0.2, 0.25) is 0 Å². The van der Waals surface area contributed by atoms with Crippen LogP contribution in [-0.2, 0) is 31.4 Å². The maximum Gasteiger partial charge on any atom is 0.0146 e. The van der Waals surface area contributed by atoms with Crippen LogP contribution in [0.15, 0.2) is 72.8 Å². The summed E-state index contributed by atoms with van der Waals surface area (Å²) in [6.07, 6.45) is 24.4. The summed E-state index contributed by atoms with van der Waals surface area (Å²) >= 11 is 0.763. The molecule has 0 unspecified atom stereocenters. The predicted octanol–water partition coefficient (Wildman–Crippen LogP) is 17.5. The minimum absolute atomic E-state index is 0. The van der Waals surface area contributed by atoms with Gasteiger partial charge in [0.1, 0.15) is 0 Å². The Kier molecular flexibility index (Phi) is 28.9. The number of anilines is 2. The van der Waals surface area contributed by atoms with Crippen LogP contribution in [0.1, 0.15) is 169 Å². The van der Waals surface area contributed by atoms with Crippen molar-refractivity contribution in [2.45, 2.75) is 195 Å². The molecule has 1 aliphatic heterocycles. The van der Waals surface area contributed by atoms with Gasteiger partial charge in [0, 0.05) is 32.4 Å². The first kappa shape index (κ1) is 62.4. The summed E-state index contributed by atoms with van der Waals surface area (Å²) in [5, 5.41) is 0. The first-order valence-corrected chi connectivity index (χ1v) is 34.1. The maximum atomic E-state index is 5.83. The van der Waals surface area contributed by atoms with Crippen molar-refractivity contribution in [3.05, 3.63) is 139 Å². The van der Waals surface area contributed by atoms with E-state index in [1.54, 1.807) is 96.3 Å². The molecule has 4 aromatic carbocycles. The van der Waals surface area contributed by atoms with Gasteiger partial charge in [-0.2, -0.15) is 6.67 Å². The minimum atomic E-state index is -1.75. The fourth-order valence-corrected chi connectivity index (χ4v) is 18.9. The molecule has 0 spiro atoms. The number of halogens is 2. The number of aromatic hydroxyl groups is 2. The zero-order valence-corrected chi connectivity index (χ0v) is 51.3. The maximum absolute atomic E-state index is 5.83. The normalized spacial score (nSPS) is 16.6. The molecule has 4 fully saturated rings. The van der Waals surface area contributed by atoms with Gasteiger partial charge >= 0.3 is 181 Å². The van der Waals surface area contributed by atoms with Gasteiger partial charge in [0.15, 0.2) is 0 Å². The molecule has 1 saturated heterocycles. The molecule has 1 heterocycles. The van der Waals surface area contributed by atoms with E-state index < -0.39 is 13.5 Å². The Balaban J connectivity index is 0.000000252. The van der Waals surface area contributed by atoms with Crippen molar-refractivity contribution in [2.24, 2.45) is 0 Å². The van der Waals surface area contributed by atoms with E-state index in [0.717, 1.165) is 30.2 Å². The number of para-hydroxylation sites is 2. The van der Waals surface area contributed by atoms with Crippen LogP contribution < -0.4 is 9.80 Å². The van der Waals surface area contributed by atoms with Crippen LogP contribution in [0.25, 0.3) is 0 Å². The molecule has 0 amide bonds. The largest absolute Gasteiger partial charge is 0.502 e. The van der Waals surface area contributed by atoms with Crippen LogP contribution in [0.2, 0.25) is 0 Å². The van der Waals surface area contributed by atoms with Crippen LogP contribution >= 0.6 is 27.3 Å². The third kappa shape index (κ3) is 19.7. The number of hydrogen-bond acceptors (Lipinski definition) is 2. The van der Waals surface area contributed by atoms with Crippen molar-refractivity contribution >= 4 is 47.9 Å². The molecular weight excluding hydrogens is 1100 g/mol. The van der Waals surface area contributed by atoms with Crippen molar-refractivity contribution in [3.63, 3.8) is 0 Å². The van der Waals surface area contributed by atoms with Crippen LogP contribution in [-0.4, -0.2) is 61.0 Å². The minimum Gasteiger partial charge on any atom is -0.502 e. The summed E-state index contributed by atoms with van der Waals surface area (Å²) in [6, 6.07) is 25.2. The second kappa shape index (κ2) is 32.4. The zero-order valence-electron chi connectivity index (χ0n) is 45.3. The number of ether oxygens (including phenoxy) is 2. The molecule has 3 aliphatic carbocycles. The van der Waals surface area contributed by atoms with Gasteiger partial charge < -0.3 is 24.7 Å². The van der Waals surface area contributed by atoms with Gasteiger partial charge in [-0.25, -0.2) is 0 Å². The quantitative estimate of drug-likeness (QED) is 0.0649. The topological polar surface area (TPSA) is 32.1 Å². The van der Waals surface area contributed by atoms with E-state index in [1.807, 2.05) is 65.5 Å². The summed E-state index contributed by atoms with van der Waals surface area (Å²) in [6.45, 7) is 25.8. The van der Waals surface area contributed by atoms with E-state index >= 15 is 0 Å². The molecule has 0 bridgehead atoms. The molecule has 4 nitrogen and oxygen atoms in total. The Hall–Kier alpha value is -1.92. The molecule has 2 N–H and O–H groups in total. The van der Waals surface area contributed by atoms with Gasteiger partial charge in [-0.3, -0.25) is 0 Å². The Morgan fingerprint density at radius 3 is 1.21 bits per heavy atom. The summed E-state index contributed by atoms with van der Waals surface area (Å²) in [5.74, 6) is 2.05. The van der Waals surface area contributed by atoms with Crippen molar-refractivity contribution in [2.75, 3.05) is 22.9 Å². The van der Waals surface area contributed by atoms with Gasteiger partial charge in [0.25, 0.3) is 0 Å². The first-order valence-electron chi connectivity index (χ1n) is 25.9. The van der Waals surface area contributed by atoms with E-state index in [1.165, 1.54) is 67.3 Å². The van der Waals surface area contributed by atoms with E-state index in [-0.39, 0.29) is 28.9 Å². The van der Waals surface area contributed by atoms with Crippen LogP contribution in [0.5, 0.6) is 11.5 Å². The Bertz CT molecular complexity index is 2040. The number of rotatable bonds is 11. The van der Waals surface area contributed by atoms with Crippen molar-refractivity contribution in [1.82, 2.24) is 0 Å². The van der Waals surface area contributed by atoms with Crippen LogP contribution in [0.3, 0.4) is 0 Å². The fourth-order valence-electron chi connectivity index (χ4n) is 11.4. The number of hydrogen-bond donors (Lipinski definition) is 0. The third-order valence-corrected chi connectivity index (χ3v) is 20.8. The van der Waals surface area contributed by atoms with E-state index in [2.05, 4.69) is 130 Å². The number of benzene rings is 4. The Morgan fingerprint density at radius 2 is 0.886 bits per heavy atom. The molecular formula is C61H93Cl2N2O2PRu2+. The molecule has 4 aliphatic rings. The Morgan fingerprint density at radius 1 is 0.557 bits per heavy atom. The second-order valence-electron chi connectivity index (χ2n) is 20.5. The summed E-state index contributed by atoms with van der Waals surface area (Å²) in [7, 11) is 11.6. The zero-order chi connectivity index (χ0) is 49.2. The molecule has 70 heavy (non-hydrogen) atoms. The second-order valence-corrected chi connectivity index (χ2v) is 30.2. The monoisotopic (exact) mass is 1190 g/mol. The Labute approximate surface area is 453 Å². The number of nitrogens with zero attached hydrogens (tertiary/aromatic N) is 2. The summed E-state index contributed by atoms with van der Waals surface area (Å²) in [5.41, 5.74) is 16.7. The van der Waals surface area contributed by atoms with E-state index in [4.69, 9.17) is 19.4 Å². The number of aryl methyl sites for hydroxylation is 6. The molecule has 8 rings (SSSR count). The third-order valence-electron chi connectivity index (χ3n) is 13.9. The molecule has 0 radical (unpaired) electrons. The molecule has 0 atom stereocenters. The summed E-state index contributed by atoms with van der Waals surface area (Å²) < 4.78 is 12.9. The average Bonchev–Trinajstić information content (AvgIpc) is 3.77. The SMILES string of the molecule is C1CCC([PH+](C2CCCCC2)C2CCCCC2)CC1.CC(C)[OH+]c1ccccc1[CH]=[Ru+].CC(C)[OH+]c1ccccc1[CH]=[Ru]([Cl])[Cl].Cc1cc(C)c(N2[CH-]N(c3c(C)cc(C)cc3C)CC2)c(C)c1.[CH3-].[CH3-]. The smallest absolute Gasteiger partial charge is 0.0146 e. The predicted molar refractivity (Wildman–Crippen MR) is 311 cm³/mol. The molecule has 393 valence electrons. The van der Waals surface area contributed by atoms with E-state index in [0.29, 0.717) is 6.10 Å². The van der Waals surface area contributed by atoms with Gasteiger partial charge in [0.05, 0.1) is 17.0 Å².